The summed E-state index contributed by atoms with van der Waals surface area (Å²) in [5, 5.41) is 7.14. The number of thiophene rings is 1. The molecule has 3 aliphatic heterocycles. The van der Waals surface area contributed by atoms with Crippen LogP contribution < -0.4 is 5.32 Å². The Balaban J connectivity index is 1.38. The number of likely N-dealkylation sites (tertiary alicyclic amines) is 2. The van der Waals surface area contributed by atoms with Crippen LogP contribution in [0.4, 0.5) is 4.79 Å². The van der Waals surface area contributed by atoms with Crippen molar-refractivity contribution in [1.82, 2.24) is 20.0 Å². The first-order valence-corrected chi connectivity index (χ1v) is 13.0. The summed E-state index contributed by atoms with van der Waals surface area (Å²) in [6.45, 7) is 4.94. The van der Waals surface area contributed by atoms with E-state index < -0.39 is 5.54 Å². The first-order valence-electron chi connectivity index (χ1n) is 12.1. The number of nitrogens with one attached hydrogen (secondary N) is 1. The smallest absolute Gasteiger partial charge is 0.325 e. The van der Waals surface area contributed by atoms with Crippen LogP contribution in [0.3, 0.4) is 0 Å². The summed E-state index contributed by atoms with van der Waals surface area (Å²) < 4.78 is 0. The van der Waals surface area contributed by atoms with Crippen molar-refractivity contribution in [3.05, 3.63) is 22.4 Å². The summed E-state index contributed by atoms with van der Waals surface area (Å²) in [4.78, 5) is 44.9. The largest absolute Gasteiger partial charge is 0.342 e. The zero-order valence-electron chi connectivity index (χ0n) is 19.3. The predicted molar refractivity (Wildman–Crippen MR) is 125 cm³/mol. The molecular weight excluding hydrogens is 424 g/mol. The van der Waals surface area contributed by atoms with Gasteiger partial charge in [0.25, 0.3) is 5.91 Å². The molecule has 0 saturated carbocycles. The maximum Gasteiger partial charge on any atom is 0.325 e. The van der Waals surface area contributed by atoms with Gasteiger partial charge >= 0.3 is 6.03 Å². The van der Waals surface area contributed by atoms with E-state index in [2.05, 4.69) is 24.2 Å². The van der Waals surface area contributed by atoms with E-state index in [9.17, 15) is 14.4 Å². The van der Waals surface area contributed by atoms with Gasteiger partial charge in [-0.2, -0.15) is 11.3 Å². The van der Waals surface area contributed by atoms with Gasteiger partial charge in [0, 0.05) is 25.7 Å². The lowest BCUT2D eigenvalue weighted by Gasteiger charge is -2.41. The fourth-order valence-electron chi connectivity index (χ4n) is 5.82. The van der Waals surface area contributed by atoms with Crippen LogP contribution in [0.2, 0.25) is 0 Å². The van der Waals surface area contributed by atoms with Crippen molar-refractivity contribution in [2.45, 2.75) is 69.9 Å². The molecule has 3 fully saturated rings. The summed E-state index contributed by atoms with van der Waals surface area (Å²) in [7, 11) is 2.12. The van der Waals surface area contributed by atoms with Crippen LogP contribution in [-0.4, -0.2) is 77.4 Å². The lowest BCUT2D eigenvalue weighted by molar-refractivity contribution is -0.136. The highest BCUT2D eigenvalue weighted by Crippen LogP contribution is 2.37. The fourth-order valence-corrected chi connectivity index (χ4v) is 6.48. The number of hydrogen-bond donors (Lipinski definition) is 1. The third-order valence-electron chi connectivity index (χ3n) is 7.68. The molecule has 3 saturated heterocycles. The van der Waals surface area contributed by atoms with Gasteiger partial charge in [-0.3, -0.25) is 14.5 Å². The highest BCUT2D eigenvalue weighted by Gasteiger charge is 2.55. The minimum Gasteiger partial charge on any atom is -0.342 e. The van der Waals surface area contributed by atoms with Crippen molar-refractivity contribution in [2.24, 2.45) is 5.92 Å². The van der Waals surface area contributed by atoms with Gasteiger partial charge in [0.05, 0.1) is 6.42 Å². The Morgan fingerprint density at radius 3 is 2.62 bits per heavy atom. The number of amides is 4. The van der Waals surface area contributed by atoms with Crippen LogP contribution in [-0.2, 0) is 16.0 Å². The van der Waals surface area contributed by atoms with Crippen LogP contribution >= 0.6 is 11.3 Å². The Kier molecular flexibility index (Phi) is 7.20. The molecule has 8 heteroatoms. The Labute approximate surface area is 195 Å². The average molecular weight is 461 g/mol. The summed E-state index contributed by atoms with van der Waals surface area (Å²) in [5.41, 5.74) is 0.252. The number of nitrogens with zero attached hydrogens (tertiary/aromatic N) is 3. The highest BCUT2D eigenvalue weighted by atomic mass is 32.1. The van der Waals surface area contributed by atoms with E-state index >= 15 is 0 Å². The average Bonchev–Trinajstić information content (AvgIpc) is 3.49. The molecule has 2 atom stereocenters. The van der Waals surface area contributed by atoms with E-state index in [0.29, 0.717) is 38.5 Å². The number of urea groups is 1. The Hall–Kier alpha value is -1.93. The molecule has 3 aliphatic rings. The maximum absolute atomic E-state index is 13.6. The summed E-state index contributed by atoms with van der Waals surface area (Å²) in [6.07, 6.45) is 6.60. The van der Waals surface area contributed by atoms with Gasteiger partial charge < -0.3 is 15.1 Å². The number of carbonyl (C=O) groups is 3. The number of hydrogen-bond acceptors (Lipinski definition) is 5. The molecule has 1 N–H and O–H groups in total. The van der Waals surface area contributed by atoms with Gasteiger partial charge in [0.1, 0.15) is 5.54 Å². The third kappa shape index (κ3) is 4.57. The van der Waals surface area contributed by atoms with Gasteiger partial charge in [0.15, 0.2) is 0 Å². The molecule has 0 spiro atoms. The zero-order valence-corrected chi connectivity index (χ0v) is 20.2. The van der Waals surface area contributed by atoms with Crippen LogP contribution in [0.5, 0.6) is 0 Å². The van der Waals surface area contributed by atoms with E-state index in [0.717, 1.165) is 44.2 Å². The number of piperidine rings is 1. The molecule has 0 unspecified atom stereocenters. The van der Waals surface area contributed by atoms with Crippen molar-refractivity contribution in [3.63, 3.8) is 0 Å². The fraction of sp³-hybridized carbons (Fsp3) is 0.708. The van der Waals surface area contributed by atoms with Crippen molar-refractivity contribution >= 4 is 29.2 Å². The second kappa shape index (κ2) is 9.91. The minimum absolute atomic E-state index is 0.0481. The van der Waals surface area contributed by atoms with Gasteiger partial charge in [-0.15, -0.1) is 0 Å². The first-order chi connectivity index (χ1) is 15.4. The molecular formula is C24H36N4O3S. The van der Waals surface area contributed by atoms with Crippen LogP contribution in [0.1, 0.15) is 57.4 Å². The van der Waals surface area contributed by atoms with Crippen molar-refractivity contribution < 1.29 is 14.4 Å². The quantitative estimate of drug-likeness (QED) is 0.605. The minimum atomic E-state index is -0.810. The number of imide groups is 1. The molecule has 4 heterocycles. The number of carbonyl (C=O) groups excluding carboxylic acids is 3. The highest BCUT2D eigenvalue weighted by molar-refractivity contribution is 7.08. The molecule has 7 nitrogen and oxygen atoms in total. The van der Waals surface area contributed by atoms with Crippen LogP contribution in [0.15, 0.2) is 16.8 Å². The molecule has 1 aromatic rings. The van der Waals surface area contributed by atoms with E-state index in [4.69, 9.17) is 0 Å². The first kappa shape index (κ1) is 23.2. The van der Waals surface area contributed by atoms with E-state index in [-0.39, 0.29) is 23.8 Å². The molecule has 32 heavy (non-hydrogen) atoms. The summed E-state index contributed by atoms with van der Waals surface area (Å²) >= 11 is 1.61. The normalized spacial score (nSPS) is 27.4. The molecule has 4 amide bonds. The second-order valence-corrected chi connectivity index (χ2v) is 10.4. The molecule has 0 aliphatic carbocycles. The lowest BCUT2D eigenvalue weighted by atomic mass is 9.74. The molecule has 176 valence electrons. The molecule has 0 radical (unpaired) electrons. The lowest BCUT2D eigenvalue weighted by Crippen LogP contribution is -2.56. The van der Waals surface area contributed by atoms with E-state index in [1.165, 1.54) is 11.3 Å². The van der Waals surface area contributed by atoms with Gasteiger partial charge in [-0.1, -0.05) is 13.3 Å². The Morgan fingerprint density at radius 1 is 1.22 bits per heavy atom. The number of rotatable bonds is 8. The SMILES string of the molecule is CCC[C@@]1(C2CCN(C(=O)Cc3ccsc3)CC2)NC(=O)N(CC[C@H]2CCCN2C)C1=O. The topological polar surface area (TPSA) is 73.0 Å². The van der Waals surface area contributed by atoms with Crippen molar-refractivity contribution in [3.8, 4) is 0 Å². The van der Waals surface area contributed by atoms with E-state index in [1.54, 1.807) is 11.3 Å². The van der Waals surface area contributed by atoms with Gasteiger partial charge in [-0.25, -0.2) is 4.79 Å². The van der Waals surface area contributed by atoms with Crippen LogP contribution in [0, 0.1) is 5.92 Å². The molecule has 0 bridgehead atoms. The van der Waals surface area contributed by atoms with Gasteiger partial charge in [-0.05, 0) is 80.4 Å². The zero-order chi connectivity index (χ0) is 22.7. The Morgan fingerprint density at radius 2 is 2.00 bits per heavy atom. The molecule has 0 aromatic carbocycles. The van der Waals surface area contributed by atoms with Crippen molar-refractivity contribution in [1.29, 1.82) is 0 Å². The Bertz CT molecular complexity index is 821. The summed E-state index contributed by atoms with van der Waals surface area (Å²) in [6, 6.07) is 2.21. The molecule has 4 rings (SSSR count). The molecule has 1 aromatic heterocycles. The predicted octanol–water partition coefficient (Wildman–Crippen LogP) is 3.10. The third-order valence-corrected chi connectivity index (χ3v) is 8.42. The standard InChI is InChI=1S/C24H36N4O3S/c1-3-10-24(19-6-12-27(13-7-19)21(29)16-18-9-15-32-17-18)22(30)28(23(31)25-24)14-8-20-5-4-11-26(20)2/h9,15,17,19-20H,3-8,10-14,16H2,1-2H3,(H,25,31)/t20-,24+/m1/s1. The summed E-state index contributed by atoms with van der Waals surface area (Å²) in [5.74, 6) is 0.173. The maximum atomic E-state index is 13.6. The monoisotopic (exact) mass is 460 g/mol. The second-order valence-electron chi connectivity index (χ2n) is 9.64. The van der Waals surface area contributed by atoms with Crippen molar-refractivity contribution in [2.75, 3.05) is 33.2 Å². The van der Waals surface area contributed by atoms with Gasteiger partial charge in [0.2, 0.25) is 5.91 Å². The van der Waals surface area contributed by atoms with E-state index in [1.807, 2.05) is 21.7 Å². The van der Waals surface area contributed by atoms with Crippen LogP contribution in [0.25, 0.3) is 0 Å².